The smallest absolute Gasteiger partial charge is 0.0431 e. The molecular formula is C13H26N2O. The Balaban J connectivity index is 1.51. The average Bonchev–Trinajstić information content (AvgIpc) is 3.12. The Labute approximate surface area is 99.2 Å². The van der Waals surface area contributed by atoms with Crippen molar-refractivity contribution in [2.45, 2.75) is 44.6 Å². The number of aliphatic hydroxyl groups is 1. The SMILES string of the molecule is OCCCCN1CCC(CNC2CC2)CC1. The van der Waals surface area contributed by atoms with Gasteiger partial charge in [-0.25, -0.2) is 0 Å². The van der Waals surface area contributed by atoms with Gasteiger partial charge in [0.25, 0.3) is 0 Å². The van der Waals surface area contributed by atoms with Crippen molar-refractivity contribution in [1.29, 1.82) is 0 Å². The minimum Gasteiger partial charge on any atom is -0.396 e. The molecule has 0 spiro atoms. The van der Waals surface area contributed by atoms with Crippen molar-refractivity contribution in [1.82, 2.24) is 10.2 Å². The second-order valence-electron chi connectivity index (χ2n) is 5.40. The first-order chi connectivity index (χ1) is 7.88. The van der Waals surface area contributed by atoms with E-state index in [1.165, 1.54) is 51.9 Å². The maximum atomic E-state index is 8.74. The minimum absolute atomic E-state index is 0.349. The first-order valence-electron chi connectivity index (χ1n) is 6.95. The predicted octanol–water partition coefficient (Wildman–Crippen LogP) is 1.22. The van der Waals surface area contributed by atoms with Crippen LogP contribution in [0.3, 0.4) is 0 Å². The van der Waals surface area contributed by atoms with E-state index in [1.807, 2.05) is 0 Å². The average molecular weight is 226 g/mol. The molecule has 0 amide bonds. The van der Waals surface area contributed by atoms with Crippen molar-refractivity contribution in [3.05, 3.63) is 0 Å². The summed E-state index contributed by atoms with van der Waals surface area (Å²) in [5.41, 5.74) is 0. The first-order valence-corrected chi connectivity index (χ1v) is 6.95. The van der Waals surface area contributed by atoms with Crippen LogP contribution in [0, 0.1) is 5.92 Å². The standard InChI is InChI=1S/C13H26N2O/c16-10-2-1-7-15-8-5-12(6-9-15)11-14-13-3-4-13/h12-14,16H,1-11H2. The number of rotatable bonds is 7. The Morgan fingerprint density at radius 2 is 1.81 bits per heavy atom. The summed E-state index contributed by atoms with van der Waals surface area (Å²) < 4.78 is 0. The monoisotopic (exact) mass is 226 g/mol. The summed E-state index contributed by atoms with van der Waals surface area (Å²) in [6.07, 6.45) is 7.64. The molecule has 0 radical (unpaired) electrons. The Hall–Kier alpha value is -0.120. The Morgan fingerprint density at radius 3 is 2.44 bits per heavy atom. The summed E-state index contributed by atoms with van der Waals surface area (Å²) in [5, 5.41) is 12.4. The van der Waals surface area contributed by atoms with Crippen LogP contribution < -0.4 is 5.32 Å². The van der Waals surface area contributed by atoms with Gasteiger partial charge in [0.1, 0.15) is 0 Å². The molecule has 3 nitrogen and oxygen atoms in total. The molecule has 2 aliphatic rings. The van der Waals surface area contributed by atoms with E-state index in [0.29, 0.717) is 6.61 Å². The van der Waals surface area contributed by atoms with Gasteiger partial charge in [-0.3, -0.25) is 0 Å². The normalized spacial score (nSPS) is 23.8. The van der Waals surface area contributed by atoms with Crippen LogP contribution in [0.15, 0.2) is 0 Å². The number of likely N-dealkylation sites (tertiary alicyclic amines) is 1. The fourth-order valence-corrected chi connectivity index (χ4v) is 2.48. The topological polar surface area (TPSA) is 35.5 Å². The van der Waals surface area contributed by atoms with Gasteiger partial charge in [0, 0.05) is 12.6 Å². The molecule has 0 aromatic rings. The largest absolute Gasteiger partial charge is 0.396 e. The highest BCUT2D eigenvalue weighted by Crippen LogP contribution is 2.21. The van der Waals surface area contributed by atoms with Crippen molar-refractivity contribution in [3.8, 4) is 0 Å². The second kappa shape index (κ2) is 6.58. The Morgan fingerprint density at radius 1 is 1.06 bits per heavy atom. The lowest BCUT2D eigenvalue weighted by molar-refractivity contribution is 0.174. The fourth-order valence-electron chi connectivity index (χ4n) is 2.48. The van der Waals surface area contributed by atoms with Crippen molar-refractivity contribution >= 4 is 0 Å². The van der Waals surface area contributed by atoms with Crippen LogP contribution in [0.5, 0.6) is 0 Å². The highest BCUT2D eigenvalue weighted by atomic mass is 16.2. The fraction of sp³-hybridized carbons (Fsp3) is 1.00. The zero-order valence-corrected chi connectivity index (χ0v) is 10.3. The summed E-state index contributed by atoms with van der Waals surface area (Å²) in [7, 11) is 0. The third-order valence-corrected chi connectivity index (χ3v) is 3.86. The van der Waals surface area contributed by atoms with Gasteiger partial charge in [-0.2, -0.15) is 0 Å². The predicted molar refractivity (Wildman–Crippen MR) is 66.5 cm³/mol. The third-order valence-electron chi connectivity index (χ3n) is 3.86. The van der Waals surface area contributed by atoms with Gasteiger partial charge in [0.2, 0.25) is 0 Å². The molecule has 3 heteroatoms. The van der Waals surface area contributed by atoms with Gasteiger partial charge in [-0.15, -0.1) is 0 Å². The van der Waals surface area contributed by atoms with Gasteiger partial charge in [0.05, 0.1) is 0 Å². The van der Waals surface area contributed by atoms with Crippen molar-refractivity contribution in [3.63, 3.8) is 0 Å². The number of piperidine rings is 1. The highest BCUT2D eigenvalue weighted by Gasteiger charge is 2.23. The highest BCUT2D eigenvalue weighted by molar-refractivity contribution is 4.83. The van der Waals surface area contributed by atoms with Gasteiger partial charge in [-0.05, 0) is 70.6 Å². The quantitative estimate of drug-likeness (QED) is 0.641. The maximum absolute atomic E-state index is 8.74. The molecule has 0 aromatic heterocycles. The molecule has 1 heterocycles. The molecule has 2 rings (SSSR count). The second-order valence-corrected chi connectivity index (χ2v) is 5.40. The molecular weight excluding hydrogens is 200 g/mol. The van der Waals surface area contributed by atoms with Crippen LogP contribution in [0.4, 0.5) is 0 Å². The van der Waals surface area contributed by atoms with E-state index in [0.717, 1.165) is 24.8 Å². The zero-order chi connectivity index (χ0) is 11.2. The lowest BCUT2D eigenvalue weighted by atomic mass is 9.96. The molecule has 0 aromatic carbocycles. The van der Waals surface area contributed by atoms with E-state index in [-0.39, 0.29) is 0 Å². The van der Waals surface area contributed by atoms with Crippen LogP contribution in [-0.2, 0) is 0 Å². The molecule has 1 aliphatic carbocycles. The molecule has 1 aliphatic heterocycles. The van der Waals surface area contributed by atoms with Crippen LogP contribution >= 0.6 is 0 Å². The zero-order valence-electron chi connectivity index (χ0n) is 10.3. The third kappa shape index (κ3) is 4.40. The summed E-state index contributed by atoms with van der Waals surface area (Å²) in [6, 6.07) is 0.864. The lowest BCUT2D eigenvalue weighted by Gasteiger charge is -2.32. The van der Waals surface area contributed by atoms with E-state index in [1.54, 1.807) is 0 Å². The number of nitrogens with one attached hydrogen (secondary N) is 1. The van der Waals surface area contributed by atoms with Gasteiger partial charge >= 0.3 is 0 Å². The van der Waals surface area contributed by atoms with E-state index >= 15 is 0 Å². The molecule has 94 valence electrons. The first kappa shape index (κ1) is 12.3. The number of aliphatic hydroxyl groups excluding tert-OH is 1. The lowest BCUT2D eigenvalue weighted by Crippen LogP contribution is -2.38. The molecule has 0 atom stereocenters. The van der Waals surface area contributed by atoms with E-state index in [2.05, 4.69) is 10.2 Å². The summed E-state index contributed by atoms with van der Waals surface area (Å²) in [5.74, 6) is 0.912. The van der Waals surface area contributed by atoms with Gasteiger partial charge in [0.15, 0.2) is 0 Å². The number of unbranched alkanes of at least 4 members (excludes halogenated alkanes) is 1. The molecule has 0 unspecified atom stereocenters. The summed E-state index contributed by atoms with van der Waals surface area (Å²) in [4.78, 5) is 2.56. The minimum atomic E-state index is 0.349. The van der Waals surface area contributed by atoms with Crippen LogP contribution in [0.25, 0.3) is 0 Å². The van der Waals surface area contributed by atoms with Crippen LogP contribution in [0.1, 0.15) is 38.5 Å². The van der Waals surface area contributed by atoms with E-state index in [9.17, 15) is 0 Å². The number of hydrogen-bond donors (Lipinski definition) is 2. The van der Waals surface area contributed by atoms with Crippen molar-refractivity contribution in [2.75, 3.05) is 32.8 Å². The van der Waals surface area contributed by atoms with Gasteiger partial charge in [-0.1, -0.05) is 0 Å². The summed E-state index contributed by atoms with van der Waals surface area (Å²) >= 11 is 0. The Bertz CT molecular complexity index is 186. The molecule has 0 bridgehead atoms. The summed E-state index contributed by atoms with van der Waals surface area (Å²) in [6.45, 7) is 5.31. The maximum Gasteiger partial charge on any atom is 0.0431 e. The van der Waals surface area contributed by atoms with Crippen LogP contribution in [0.2, 0.25) is 0 Å². The molecule has 2 fully saturated rings. The number of hydrogen-bond acceptors (Lipinski definition) is 3. The Kier molecular flexibility index (Phi) is 5.07. The molecule has 1 saturated heterocycles. The van der Waals surface area contributed by atoms with E-state index < -0.39 is 0 Å². The molecule has 1 saturated carbocycles. The van der Waals surface area contributed by atoms with Crippen molar-refractivity contribution in [2.24, 2.45) is 5.92 Å². The van der Waals surface area contributed by atoms with E-state index in [4.69, 9.17) is 5.11 Å². The van der Waals surface area contributed by atoms with Crippen molar-refractivity contribution < 1.29 is 5.11 Å². The van der Waals surface area contributed by atoms with Crippen LogP contribution in [-0.4, -0.2) is 48.8 Å². The van der Waals surface area contributed by atoms with Gasteiger partial charge < -0.3 is 15.3 Å². The molecule has 16 heavy (non-hydrogen) atoms. The molecule has 2 N–H and O–H groups in total. The number of nitrogens with zero attached hydrogens (tertiary/aromatic N) is 1.